The van der Waals surface area contributed by atoms with Crippen LogP contribution in [0.2, 0.25) is 0 Å². The Morgan fingerprint density at radius 3 is 2.41 bits per heavy atom. The Morgan fingerprint density at radius 2 is 1.89 bits per heavy atom. The molecule has 8 heteroatoms. The van der Waals surface area contributed by atoms with E-state index in [1.807, 2.05) is 6.92 Å². The normalized spacial score (nSPS) is 23.6. The van der Waals surface area contributed by atoms with Crippen molar-refractivity contribution in [1.29, 1.82) is 0 Å². The van der Waals surface area contributed by atoms with Gasteiger partial charge in [0.15, 0.2) is 15.8 Å². The molecule has 2 fully saturated rings. The molecule has 1 saturated carbocycles. The molecule has 6 nitrogen and oxygen atoms in total. The van der Waals surface area contributed by atoms with E-state index in [4.69, 9.17) is 9.73 Å². The molecule has 0 radical (unpaired) electrons. The monoisotopic (exact) mass is 515 g/mol. The first-order valence-electron chi connectivity index (χ1n) is 9.93. The van der Waals surface area contributed by atoms with Gasteiger partial charge in [0.2, 0.25) is 0 Å². The van der Waals surface area contributed by atoms with E-state index < -0.39 is 14.6 Å². The van der Waals surface area contributed by atoms with Crippen LogP contribution in [0.15, 0.2) is 4.99 Å². The number of nitrogens with one attached hydrogen (secondary N) is 1. The maximum absolute atomic E-state index is 12.8. The van der Waals surface area contributed by atoms with Crippen LogP contribution in [0.1, 0.15) is 59.8 Å². The fourth-order valence-electron chi connectivity index (χ4n) is 4.12. The lowest BCUT2D eigenvalue weighted by Gasteiger charge is -2.45. The molecule has 1 heterocycles. The zero-order valence-corrected chi connectivity index (χ0v) is 20.7. The van der Waals surface area contributed by atoms with E-state index in [0.717, 1.165) is 44.6 Å². The van der Waals surface area contributed by atoms with Crippen LogP contribution in [0, 0.1) is 5.41 Å². The number of nitrogens with zero attached hydrogens (tertiary/aromatic N) is 2. The average Bonchev–Trinajstić information content (AvgIpc) is 2.57. The first-order chi connectivity index (χ1) is 12.1. The molecule has 1 unspecified atom stereocenters. The van der Waals surface area contributed by atoms with E-state index in [1.165, 1.54) is 0 Å². The van der Waals surface area contributed by atoms with Crippen molar-refractivity contribution in [3.05, 3.63) is 0 Å². The summed E-state index contributed by atoms with van der Waals surface area (Å²) in [6.45, 7) is 10.9. The molecule has 2 aliphatic rings. The van der Waals surface area contributed by atoms with Crippen LogP contribution in [0.4, 0.5) is 0 Å². The van der Waals surface area contributed by atoms with Gasteiger partial charge in [-0.25, -0.2) is 8.42 Å². The summed E-state index contributed by atoms with van der Waals surface area (Å²) in [5.41, 5.74) is 0.00536. The second-order valence-electron chi connectivity index (χ2n) is 8.77. The molecule has 0 bridgehead atoms. The van der Waals surface area contributed by atoms with Gasteiger partial charge >= 0.3 is 0 Å². The number of methoxy groups -OCH3 is 1. The number of ether oxygens (including phenoxy) is 1. The summed E-state index contributed by atoms with van der Waals surface area (Å²) in [7, 11) is -1.31. The second-order valence-corrected chi connectivity index (χ2v) is 11.3. The Labute approximate surface area is 182 Å². The Morgan fingerprint density at radius 1 is 1.26 bits per heavy atom. The van der Waals surface area contributed by atoms with Gasteiger partial charge in [0, 0.05) is 26.7 Å². The maximum atomic E-state index is 12.8. The van der Waals surface area contributed by atoms with Gasteiger partial charge in [-0.1, -0.05) is 40.0 Å². The van der Waals surface area contributed by atoms with Crippen LogP contribution in [-0.2, 0) is 14.6 Å². The SMILES string of the molecule is CCNC(=NCC(OC)C(C)(C)C)N1CCS(=O)(=O)C2(CCCCC2)C1.I. The fraction of sp³-hybridized carbons (Fsp3) is 0.947. The van der Waals surface area contributed by atoms with Gasteiger partial charge < -0.3 is 15.0 Å². The number of hydrogen-bond acceptors (Lipinski definition) is 4. The lowest BCUT2D eigenvalue weighted by atomic mass is 9.87. The van der Waals surface area contributed by atoms with E-state index in [-0.39, 0.29) is 41.2 Å². The quantitative estimate of drug-likeness (QED) is 0.354. The van der Waals surface area contributed by atoms with Crippen LogP contribution < -0.4 is 5.32 Å². The Balaban J connectivity index is 0.00000364. The molecule has 0 aromatic rings. The smallest absolute Gasteiger partial charge is 0.194 e. The predicted octanol–water partition coefficient (Wildman–Crippen LogP) is 3.06. The van der Waals surface area contributed by atoms with Crippen LogP contribution in [0.25, 0.3) is 0 Å². The second kappa shape index (κ2) is 10.1. The minimum absolute atomic E-state index is 0. The third kappa shape index (κ3) is 5.95. The summed E-state index contributed by atoms with van der Waals surface area (Å²) in [6.07, 6.45) is 4.76. The van der Waals surface area contributed by atoms with E-state index in [1.54, 1.807) is 7.11 Å². The van der Waals surface area contributed by atoms with Gasteiger partial charge in [0.05, 0.1) is 23.1 Å². The molecule has 1 aliphatic heterocycles. The molecule has 160 valence electrons. The highest BCUT2D eigenvalue weighted by Gasteiger charge is 2.48. The zero-order chi connectivity index (χ0) is 19.4. The topological polar surface area (TPSA) is 71.0 Å². The number of sulfone groups is 1. The van der Waals surface area contributed by atoms with E-state index in [2.05, 4.69) is 31.0 Å². The van der Waals surface area contributed by atoms with Gasteiger partial charge in [-0.05, 0) is 25.2 Å². The standard InChI is InChI=1S/C19H37N3O3S.HI/c1-6-20-17(21-14-16(25-5)18(2,3)4)22-12-13-26(23,24)19(15-22)10-8-7-9-11-19;/h16H,6-15H2,1-5H3,(H,20,21);1H. The molecule has 1 saturated heterocycles. The highest BCUT2D eigenvalue weighted by atomic mass is 127. The van der Waals surface area contributed by atoms with Gasteiger partial charge in [0.1, 0.15) is 0 Å². The van der Waals surface area contributed by atoms with Crippen LogP contribution in [0.3, 0.4) is 0 Å². The average molecular weight is 516 g/mol. The number of rotatable bonds is 4. The molecular formula is C19H38IN3O3S. The highest BCUT2D eigenvalue weighted by Crippen LogP contribution is 2.38. The molecule has 1 aliphatic carbocycles. The fourth-order valence-corrected chi connectivity index (χ4v) is 6.27. The highest BCUT2D eigenvalue weighted by molar-refractivity contribution is 14.0. The molecule has 0 aromatic heterocycles. The lowest BCUT2D eigenvalue weighted by molar-refractivity contribution is 0.0239. The molecule has 1 N–H and O–H groups in total. The molecule has 0 aromatic carbocycles. The molecule has 0 amide bonds. The zero-order valence-electron chi connectivity index (χ0n) is 17.6. The molecule has 1 spiro atoms. The number of aliphatic imine (C=N–C) groups is 1. The summed E-state index contributed by atoms with van der Waals surface area (Å²) in [5, 5.41) is 3.36. The summed E-state index contributed by atoms with van der Waals surface area (Å²) in [4.78, 5) is 6.97. The Hall–Kier alpha value is -0.0900. The largest absolute Gasteiger partial charge is 0.379 e. The maximum Gasteiger partial charge on any atom is 0.194 e. The summed E-state index contributed by atoms with van der Waals surface area (Å²) in [5.74, 6) is 1.04. The molecule has 1 atom stereocenters. The van der Waals surface area contributed by atoms with Crippen molar-refractivity contribution >= 4 is 39.8 Å². The summed E-state index contributed by atoms with van der Waals surface area (Å²) >= 11 is 0. The molecule has 2 rings (SSSR count). The van der Waals surface area contributed by atoms with Crippen LogP contribution in [0.5, 0.6) is 0 Å². The first kappa shape index (κ1) is 24.9. The van der Waals surface area contributed by atoms with Crippen LogP contribution >= 0.6 is 24.0 Å². The van der Waals surface area contributed by atoms with Crippen LogP contribution in [-0.4, -0.2) is 69.2 Å². The number of halogens is 1. The van der Waals surface area contributed by atoms with E-state index >= 15 is 0 Å². The van der Waals surface area contributed by atoms with Crippen molar-refractivity contribution in [2.24, 2.45) is 10.4 Å². The van der Waals surface area contributed by atoms with Crippen molar-refractivity contribution < 1.29 is 13.2 Å². The molecule has 27 heavy (non-hydrogen) atoms. The van der Waals surface area contributed by atoms with Crippen molar-refractivity contribution in [3.8, 4) is 0 Å². The number of guanidine groups is 1. The lowest BCUT2D eigenvalue weighted by Crippen LogP contribution is -2.60. The Bertz CT molecular complexity index is 596. The minimum Gasteiger partial charge on any atom is -0.379 e. The number of hydrogen-bond donors (Lipinski definition) is 1. The van der Waals surface area contributed by atoms with Gasteiger partial charge in [0.25, 0.3) is 0 Å². The third-order valence-electron chi connectivity index (χ3n) is 5.83. The Kier molecular flexibility index (Phi) is 9.33. The van der Waals surface area contributed by atoms with Crippen molar-refractivity contribution in [1.82, 2.24) is 10.2 Å². The van der Waals surface area contributed by atoms with Gasteiger partial charge in [-0.3, -0.25) is 4.99 Å². The van der Waals surface area contributed by atoms with Gasteiger partial charge in [-0.15, -0.1) is 24.0 Å². The minimum atomic E-state index is -3.04. The molecular weight excluding hydrogens is 477 g/mol. The van der Waals surface area contributed by atoms with Crippen molar-refractivity contribution in [2.75, 3.05) is 39.0 Å². The predicted molar refractivity (Wildman–Crippen MR) is 123 cm³/mol. The van der Waals surface area contributed by atoms with Crippen molar-refractivity contribution in [3.63, 3.8) is 0 Å². The first-order valence-corrected chi connectivity index (χ1v) is 11.6. The van der Waals surface area contributed by atoms with Crippen molar-refractivity contribution in [2.45, 2.75) is 70.7 Å². The van der Waals surface area contributed by atoms with Gasteiger partial charge in [-0.2, -0.15) is 0 Å². The van der Waals surface area contributed by atoms with E-state index in [0.29, 0.717) is 19.6 Å². The third-order valence-corrected chi connectivity index (χ3v) is 8.40. The summed E-state index contributed by atoms with van der Waals surface area (Å²) in [6, 6.07) is 0. The van der Waals surface area contributed by atoms with E-state index in [9.17, 15) is 8.42 Å². The summed E-state index contributed by atoms with van der Waals surface area (Å²) < 4.78 is 30.7.